The van der Waals surface area contributed by atoms with Gasteiger partial charge in [-0.05, 0) is 31.2 Å². The lowest BCUT2D eigenvalue weighted by molar-refractivity contribution is 0.223. The number of hydrogen-bond acceptors (Lipinski definition) is 4. The van der Waals surface area contributed by atoms with Crippen LogP contribution in [0.2, 0.25) is 0 Å². The van der Waals surface area contributed by atoms with Crippen molar-refractivity contribution in [2.45, 2.75) is 6.92 Å². The lowest BCUT2D eigenvalue weighted by Crippen LogP contribution is -2.24. The highest BCUT2D eigenvalue weighted by Crippen LogP contribution is 2.18. The summed E-state index contributed by atoms with van der Waals surface area (Å²) in [4.78, 5) is 1.43. The number of nitrogens with zero attached hydrogens (tertiary/aromatic N) is 1. The van der Waals surface area contributed by atoms with Crippen LogP contribution in [0.1, 0.15) is 6.92 Å². The van der Waals surface area contributed by atoms with Crippen LogP contribution in [0.25, 0.3) is 0 Å². The van der Waals surface area contributed by atoms with Gasteiger partial charge in [0.2, 0.25) is 0 Å². The summed E-state index contributed by atoms with van der Waals surface area (Å²) in [6.45, 7) is 2.14. The molecule has 14 heavy (non-hydrogen) atoms. The van der Waals surface area contributed by atoms with E-state index >= 15 is 0 Å². The van der Waals surface area contributed by atoms with Crippen molar-refractivity contribution in [1.29, 1.82) is 0 Å². The van der Waals surface area contributed by atoms with E-state index in [9.17, 15) is 0 Å². The molecule has 1 rings (SSSR count). The zero-order valence-corrected chi connectivity index (χ0v) is 8.18. The van der Waals surface area contributed by atoms with Gasteiger partial charge in [0.05, 0.1) is 6.61 Å². The first-order valence-corrected chi connectivity index (χ1v) is 4.51. The van der Waals surface area contributed by atoms with Gasteiger partial charge in [0.15, 0.2) is 0 Å². The van der Waals surface area contributed by atoms with E-state index in [2.05, 4.69) is 0 Å². The first-order valence-electron chi connectivity index (χ1n) is 4.51. The summed E-state index contributed by atoms with van der Waals surface area (Å²) >= 11 is 0. The number of ether oxygens (including phenoxy) is 1. The smallest absolute Gasteiger partial charge is 0.119 e. The van der Waals surface area contributed by atoms with E-state index < -0.39 is 0 Å². The Bertz CT molecular complexity index is 257. The van der Waals surface area contributed by atoms with Crippen molar-refractivity contribution in [2.75, 3.05) is 25.0 Å². The molecule has 2 N–H and O–H groups in total. The van der Waals surface area contributed by atoms with Crippen LogP contribution >= 0.6 is 0 Å². The summed E-state index contributed by atoms with van der Waals surface area (Å²) in [5.41, 5.74) is 0.762. The molecule has 4 heteroatoms. The van der Waals surface area contributed by atoms with Crippen molar-refractivity contribution < 1.29 is 14.9 Å². The van der Waals surface area contributed by atoms with Gasteiger partial charge in [0.1, 0.15) is 19.2 Å². The molecular weight excluding hydrogens is 182 g/mol. The first kappa shape index (κ1) is 10.8. The third kappa shape index (κ3) is 2.61. The van der Waals surface area contributed by atoms with Crippen molar-refractivity contribution >= 4 is 5.69 Å². The molecule has 0 aliphatic heterocycles. The summed E-state index contributed by atoms with van der Waals surface area (Å²) in [7, 11) is 0. The summed E-state index contributed by atoms with van der Waals surface area (Å²) < 4.78 is 5.26. The molecular formula is C10H15NO3. The number of hydrogen-bond donors (Lipinski definition) is 2. The van der Waals surface area contributed by atoms with E-state index in [0.29, 0.717) is 6.61 Å². The zero-order valence-electron chi connectivity index (χ0n) is 8.18. The second-order valence-electron chi connectivity index (χ2n) is 2.75. The maximum absolute atomic E-state index is 8.89. The Morgan fingerprint density at radius 3 is 2.14 bits per heavy atom. The Hall–Kier alpha value is -1.26. The van der Waals surface area contributed by atoms with Gasteiger partial charge in [-0.25, -0.2) is 0 Å². The normalized spacial score (nSPS) is 9.93. The Morgan fingerprint density at radius 2 is 1.71 bits per heavy atom. The molecule has 0 aromatic heterocycles. The van der Waals surface area contributed by atoms with Crippen molar-refractivity contribution in [3.63, 3.8) is 0 Å². The first-order chi connectivity index (χ1) is 6.81. The summed E-state index contributed by atoms with van der Waals surface area (Å²) in [6, 6.07) is 7.18. The minimum Gasteiger partial charge on any atom is -0.494 e. The lowest BCUT2D eigenvalue weighted by Gasteiger charge is -2.18. The van der Waals surface area contributed by atoms with Gasteiger partial charge in [-0.2, -0.15) is 0 Å². The molecule has 1 aromatic rings. The Balaban J connectivity index is 2.71. The van der Waals surface area contributed by atoms with E-state index in [1.807, 2.05) is 6.92 Å². The lowest BCUT2D eigenvalue weighted by atomic mass is 10.3. The van der Waals surface area contributed by atoms with Crippen molar-refractivity contribution in [3.05, 3.63) is 24.3 Å². The van der Waals surface area contributed by atoms with Gasteiger partial charge in [0.25, 0.3) is 0 Å². The third-order valence-corrected chi connectivity index (χ3v) is 1.85. The van der Waals surface area contributed by atoms with E-state index in [-0.39, 0.29) is 13.5 Å². The molecule has 0 bridgehead atoms. The monoisotopic (exact) mass is 197 g/mol. The van der Waals surface area contributed by atoms with Crippen LogP contribution in [0.5, 0.6) is 5.75 Å². The van der Waals surface area contributed by atoms with E-state index in [1.165, 1.54) is 4.90 Å². The molecule has 0 amide bonds. The molecule has 0 saturated heterocycles. The van der Waals surface area contributed by atoms with Crippen molar-refractivity contribution in [1.82, 2.24) is 0 Å². The van der Waals surface area contributed by atoms with Gasteiger partial charge < -0.3 is 19.8 Å². The average Bonchev–Trinajstić information content (AvgIpc) is 2.23. The predicted molar refractivity (Wildman–Crippen MR) is 54.3 cm³/mol. The van der Waals surface area contributed by atoms with E-state index in [0.717, 1.165) is 11.4 Å². The van der Waals surface area contributed by atoms with Gasteiger partial charge in [-0.1, -0.05) is 0 Å². The summed E-state index contributed by atoms with van der Waals surface area (Å²) in [5, 5.41) is 17.8. The number of rotatable bonds is 5. The SMILES string of the molecule is CCOc1ccc(N(CO)CO)cc1. The highest BCUT2D eigenvalue weighted by molar-refractivity contribution is 5.48. The molecule has 0 aliphatic rings. The van der Waals surface area contributed by atoms with E-state index in [4.69, 9.17) is 14.9 Å². The van der Waals surface area contributed by atoms with Gasteiger partial charge in [-0.15, -0.1) is 0 Å². The number of benzene rings is 1. The zero-order chi connectivity index (χ0) is 10.4. The molecule has 78 valence electrons. The summed E-state index contributed by atoms with van der Waals surface area (Å²) in [5.74, 6) is 0.784. The number of aliphatic hydroxyl groups excluding tert-OH is 2. The fourth-order valence-electron chi connectivity index (χ4n) is 1.13. The minimum absolute atomic E-state index is 0.204. The standard InChI is InChI=1S/C10H15NO3/c1-2-14-10-5-3-9(4-6-10)11(7-12)8-13/h3-6,12-13H,2,7-8H2,1H3. The summed E-state index contributed by atoms with van der Waals surface area (Å²) in [6.07, 6.45) is 0. The fourth-order valence-corrected chi connectivity index (χ4v) is 1.13. The van der Waals surface area contributed by atoms with Crippen molar-refractivity contribution in [2.24, 2.45) is 0 Å². The van der Waals surface area contributed by atoms with Crippen molar-refractivity contribution in [3.8, 4) is 5.75 Å². The molecule has 0 fully saturated rings. The Morgan fingerprint density at radius 1 is 1.14 bits per heavy atom. The molecule has 0 aliphatic carbocycles. The highest BCUT2D eigenvalue weighted by atomic mass is 16.5. The molecule has 4 nitrogen and oxygen atoms in total. The number of anilines is 1. The molecule has 0 saturated carbocycles. The molecule has 0 radical (unpaired) electrons. The second-order valence-corrected chi connectivity index (χ2v) is 2.75. The highest BCUT2D eigenvalue weighted by Gasteiger charge is 2.02. The second kappa shape index (κ2) is 5.47. The maximum Gasteiger partial charge on any atom is 0.119 e. The van der Waals surface area contributed by atoms with Gasteiger partial charge in [0, 0.05) is 5.69 Å². The largest absolute Gasteiger partial charge is 0.494 e. The van der Waals surface area contributed by atoms with Gasteiger partial charge >= 0.3 is 0 Å². The average molecular weight is 197 g/mol. The topological polar surface area (TPSA) is 52.9 Å². The third-order valence-electron chi connectivity index (χ3n) is 1.85. The Kier molecular flexibility index (Phi) is 4.22. The molecule has 1 aromatic carbocycles. The molecule has 0 atom stereocenters. The minimum atomic E-state index is -0.204. The predicted octanol–water partition coefficient (Wildman–Crippen LogP) is 0.791. The maximum atomic E-state index is 8.89. The van der Waals surface area contributed by atoms with Crippen LogP contribution in [-0.2, 0) is 0 Å². The van der Waals surface area contributed by atoms with Crippen LogP contribution in [-0.4, -0.2) is 30.3 Å². The molecule has 0 spiro atoms. The van der Waals surface area contributed by atoms with Crippen LogP contribution < -0.4 is 9.64 Å². The molecule has 0 heterocycles. The fraction of sp³-hybridized carbons (Fsp3) is 0.400. The molecule has 0 unspecified atom stereocenters. The van der Waals surface area contributed by atoms with Crippen LogP contribution in [0, 0.1) is 0 Å². The number of aliphatic hydroxyl groups is 2. The Labute approximate surface area is 83.4 Å². The van der Waals surface area contributed by atoms with Gasteiger partial charge in [-0.3, -0.25) is 0 Å². The quantitative estimate of drug-likeness (QED) is 0.685. The van der Waals surface area contributed by atoms with Crippen LogP contribution in [0.4, 0.5) is 5.69 Å². The van der Waals surface area contributed by atoms with Crippen LogP contribution in [0.15, 0.2) is 24.3 Å². The van der Waals surface area contributed by atoms with Crippen LogP contribution in [0.3, 0.4) is 0 Å². The van der Waals surface area contributed by atoms with E-state index in [1.54, 1.807) is 24.3 Å².